The molecule has 0 saturated carbocycles. The lowest BCUT2D eigenvalue weighted by atomic mass is 9.76. The molecular weight excluding hydrogens is 247 g/mol. The van der Waals surface area contributed by atoms with Gasteiger partial charge in [0.15, 0.2) is 0 Å². The summed E-state index contributed by atoms with van der Waals surface area (Å²) in [6, 6.07) is 0. The molecule has 0 radical (unpaired) electrons. The van der Waals surface area contributed by atoms with Gasteiger partial charge in [-0.2, -0.15) is 4.74 Å². The van der Waals surface area contributed by atoms with Crippen LogP contribution in [0.2, 0.25) is 0 Å². The molecule has 0 aromatic carbocycles. The molecule has 1 nitrogen and oxygen atoms in total. The molecule has 108 valence electrons. The molecule has 0 bridgehead atoms. The number of hydrogen-bond acceptors (Lipinski definition) is 1. The fourth-order valence-electron chi connectivity index (χ4n) is 2.13. The molecule has 1 rings (SSSR count). The standard InChI is InChI=1S/C12H23O.BF4/c1-8-9(2)12(6,7)13-10(8)11(3,4)5;2-1(3,4)5/h8-9H,1-7H3;/q+1;-1. The van der Waals surface area contributed by atoms with E-state index in [0.717, 1.165) is 0 Å². The molecule has 0 amide bonds. The van der Waals surface area contributed by atoms with Crippen molar-refractivity contribution < 1.29 is 22.0 Å². The first kappa shape index (κ1) is 17.6. The van der Waals surface area contributed by atoms with Gasteiger partial charge >= 0.3 is 7.25 Å². The Balaban J connectivity index is 0.000000494. The van der Waals surface area contributed by atoms with Crippen LogP contribution >= 0.6 is 0 Å². The third-order valence-corrected chi connectivity index (χ3v) is 3.37. The van der Waals surface area contributed by atoms with E-state index < -0.39 is 7.25 Å². The van der Waals surface area contributed by atoms with Crippen molar-refractivity contribution in [2.45, 2.75) is 54.1 Å². The minimum absolute atomic E-state index is 0.0159. The third-order valence-electron chi connectivity index (χ3n) is 3.37. The summed E-state index contributed by atoms with van der Waals surface area (Å²) in [6.07, 6.45) is 1.27. The zero-order valence-electron chi connectivity index (χ0n) is 12.2. The summed E-state index contributed by atoms with van der Waals surface area (Å²) >= 11 is 0. The van der Waals surface area contributed by atoms with Crippen molar-refractivity contribution in [3.8, 4) is 0 Å². The number of rotatable bonds is 0. The third kappa shape index (κ3) is 5.50. The molecule has 1 fully saturated rings. The monoisotopic (exact) mass is 270 g/mol. The number of hydrogen-bond donors (Lipinski definition) is 0. The largest absolute Gasteiger partial charge is 0.673 e. The molecule has 18 heavy (non-hydrogen) atoms. The highest BCUT2D eigenvalue weighted by molar-refractivity contribution is 6.50. The maximum Gasteiger partial charge on any atom is 0.673 e. The van der Waals surface area contributed by atoms with Gasteiger partial charge in [-0.05, 0) is 41.5 Å². The predicted octanol–water partition coefficient (Wildman–Crippen LogP) is 4.95. The Morgan fingerprint density at radius 1 is 1.06 bits per heavy atom. The van der Waals surface area contributed by atoms with Crippen molar-refractivity contribution in [3.05, 3.63) is 6.10 Å². The smallest absolute Gasteiger partial charge is 0.418 e. The molecule has 1 aliphatic heterocycles. The van der Waals surface area contributed by atoms with Crippen LogP contribution in [0.3, 0.4) is 0 Å². The van der Waals surface area contributed by atoms with Crippen LogP contribution < -0.4 is 0 Å². The summed E-state index contributed by atoms with van der Waals surface area (Å²) in [6.45, 7) is 15.6. The van der Waals surface area contributed by atoms with E-state index in [2.05, 4.69) is 48.5 Å². The van der Waals surface area contributed by atoms with Crippen molar-refractivity contribution in [2.75, 3.05) is 0 Å². The van der Waals surface area contributed by atoms with Crippen LogP contribution in [0.5, 0.6) is 0 Å². The lowest BCUT2D eigenvalue weighted by molar-refractivity contribution is -0.0112. The zero-order valence-corrected chi connectivity index (χ0v) is 12.2. The number of halogens is 4. The molecule has 0 aromatic heterocycles. The predicted molar refractivity (Wildman–Crippen MR) is 66.4 cm³/mol. The van der Waals surface area contributed by atoms with Gasteiger partial charge in [0.25, 0.3) is 0 Å². The Labute approximate surface area is 107 Å². The molecule has 6 heteroatoms. The second kappa shape index (κ2) is 5.31. The molecule has 1 aliphatic rings. The van der Waals surface area contributed by atoms with Crippen LogP contribution in [0, 0.1) is 23.4 Å². The van der Waals surface area contributed by atoms with Crippen molar-refractivity contribution in [1.82, 2.24) is 0 Å². The van der Waals surface area contributed by atoms with Crippen LogP contribution in [-0.4, -0.2) is 12.9 Å². The molecule has 1 heterocycles. The summed E-state index contributed by atoms with van der Waals surface area (Å²) in [5, 5.41) is 0. The molecule has 2 atom stereocenters. The number of ether oxygens (including phenoxy) is 1. The first-order valence-corrected chi connectivity index (χ1v) is 6.10. The van der Waals surface area contributed by atoms with Crippen molar-refractivity contribution >= 4 is 7.25 Å². The average Bonchev–Trinajstić information content (AvgIpc) is 2.25. The van der Waals surface area contributed by atoms with E-state index in [1.165, 1.54) is 6.10 Å². The second-order valence-corrected chi connectivity index (χ2v) is 6.39. The fraction of sp³-hybridized carbons (Fsp3) is 0.917. The van der Waals surface area contributed by atoms with Gasteiger partial charge in [-0.1, -0.05) is 6.92 Å². The first-order valence-electron chi connectivity index (χ1n) is 6.10. The highest BCUT2D eigenvalue weighted by Crippen LogP contribution is 2.50. The Morgan fingerprint density at radius 2 is 1.39 bits per heavy atom. The van der Waals surface area contributed by atoms with Gasteiger partial charge < -0.3 is 17.3 Å². The van der Waals surface area contributed by atoms with Crippen molar-refractivity contribution in [3.63, 3.8) is 0 Å². The highest BCUT2D eigenvalue weighted by atomic mass is 19.5. The molecule has 1 saturated heterocycles. The topological polar surface area (TPSA) is 9.23 Å². The molecule has 0 N–H and O–H groups in total. The van der Waals surface area contributed by atoms with E-state index >= 15 is 0 Å². The summed E-state index contributed by atoms with van der Waals surface area (Å²) < 4.78 is 45.1. The summed E-state index contributed by atoms with van der Waals surface area (Å²) in [5.41, 5.74) is 0.198. The highest BCUT2D eigenvalue weighted by Gasteiger charge is 2.59. The minimum atomic E-state index is -6.00. The normalized spacial score (nSPS) is 27.8. The van der Waals surface area contributed by atoms with Gasteiger partial charge in [0.2, 0.25) is 6.10 Å². The quantitative estimate of drug-likeness (QED) is 0.344. The molecule has 0 spiro atoms. The van der Waals surface area contributed by atoms with Crippen molar-refractivity contribution in [1.29, 1.82) is 0 Å². The van der Waals surface area contributed by atoms with Gasteiger partial charge in [-0.25, -0.2) is 0 Å². The molecule has 0 aliphatic carbocycles. The Bertz CT molecular complexity index is 264. The SMILES string of the molecule is CC1[C+](C(C)(C)C)OC(C)(C)C1C.F[B-](F)(F)F. The lowest BCUT2D eigenvalue weighted by Gasteiger charge is -2.18. The van der Waals surface area contributed by atoms with E-state index in [-0.39, 0.29) is 11.0 Å². The fourth-order valence-corrected chi connectivity index (χ4v) is 2.13. The van der Waals surface area contributed by atoms with Crippen LogP contribution in [0.1, 0.15) is 48.5 Å². The average molecular weight is 270 g/mol. The summed E-state index contributed by atoms with van der Waals surface area (Å²) in [7, 11) is -6.00. The van der Waals surface area contributed by atoms with Gasteiger partial charge in [-0.15, -0.1) is 0 Å². The Kier molecular flexibility index (Phi) is 5.20. The maximum atomic E-state index is 9.75. The van der Waals surface area contributed by atoms with Gasteiger partial charge in [0.1, 0.15) is 16.9 Å². The van der Waals surface area contributed by atoms with E-state index in [4.69, 9.17) is 4.74 Å². The van der Waals surface area contributed by atoms with Crippen LogP contribution in [0.15, 0.2) is 0 Å². The Morgan fingerprint density at radius 3 is 1.50 bits per heavy atom. The first-order chi connectivity index (χ1) is 7.66. The Hall–Kier alpha value is -0.385. The van der Waals surface area contributed by atoms with E-state index in [1.54, 1.807) is 0 Å². The van der Waals surface area contributed by atoms with Gasteiger partial charge in [-0.3, -0.25) is 0 Å². The lowest BCUT2D eigenvalue weighted by Crippen LogP contribution is -2.26. The van der Waals surface area contributed by atoms with E-state index in [0.29, 0.717) is 11.8 Å². The summed E-state index contributed by atoms with van der Waals surface area (Å²) in [4.78, 5) is 0. The second-order valence-electron chi connectivity index (χ2n) is 6.39. The van der Waals surface area contributed by atoms with Crippen molar-refractivity contribution in [2.24, 2.45) is 17.3 Å². The van der Waals surface area contributed by atoms with E-state index in [9.17, 15) is 17.3 Å². The maximum absolute atomic E-state index is 9.75. The minimum Gasteiger partial charge on any atom is -0.418 e. The summed E-state index contributed by atoms with van der Waals surface area (Å²) in [5.74, 6) is 1.19. The molecule has 2 unspecified atom stereocenters. The molecule has 0 aromatic rings. The van der Waals surface area contributed by atoms with Crippen LogP contribution in [0.25, 0.3) is 0 Å². The zero-order chi connectivity index (χ0) is 14.9. The van der Waals surface area contributed by atoms with Crippen LogP contribution in [-0.2, 0) is 4.74 Å². The van der Waals surface area contributed by atoms with Gasteiger partial charge in [0, 0.05) is 5.92 Å². The van der Waals surface area contributed by atoms with E-state index in [1.807, 2.05) is 0 Å². The van der Waals surface area contributed by atoms with Gasteiger partial charge in [0.05, 0.1) is 0 Å². The molecular formula is C12H23BF4O. The van der Waals surface area contributed by atoms with Crippen LogP contribution in [0.4, 0.5) is 17.3 Å².